The van der Waals surface area contributed by atoms with E-state index in [0.717, 1.165) is 42.5 Å². The first-order chi connectivity index (χ1) is 17.5. The number of thioether (sulfide) groups is 2. The first-order valence-electron chi connectivity index (χ1n) is 12.0. The lowest BCUT2D eigenvalue weighted by molar-refractivity contribution is 0.201. The molecule has 5 rings (SSSR count). The molecule has 2 atom stereocenters. The van der Waals surface area contributed by atoms with Gasteiger partial charge in [-0.1, -0.05) is 6.07 Å². The molecular weight excluding hydrogens is 518 g/mol. The van der Waals surface area contributed by atoms with E-state index in [1.807, 2.05) is 29.6 Å². The zero-order chi connectivity index (χ0) is 25.1. The van der Waals surface area contributed by atoms with E-state index in [9.17, 15) is 13.5 Å². The maximum Gasteiger partial charge on any atom is 0.281 e. The molecule has 0 bridgehead atoms. The predicted octanol–water partition coefficient (Wildman–Crippen LogP) is 2.18. The van der Waals surface area contributed by atoms with Gasteiger partial charge in [0.25, 0.3) is 10.0 Å². The summed E-state index contributed by atoms with van der Waals surface area (Å²) in [5.41, 5.74) is 2.21. The number of pyridine rings is 1. The molecule has 3 aliphatic rings. The predicted molar refractivity (Wildman–Crippen MR) is 147 cm³/mol. The van der Waals surface area contributed by atoms with Crippen LogP contribution in [0.2, 0.25) is 0 Å². The van der Waals surface area contributed by atoms with Crippen LogP contribution in [0.4, 0.5) is 11.4 Å². The summed E-state index contributed by atoms with van der Waals surface area (Å²) in [6.07, 6.45) is 2.16. The third-order valence-corrected chi connectivity index (χ3v) is 10.4. The Balaban J connectivity index is 1.36. The molecule has 1 saturated heterocycles. The Bertz CT molecular complexity index is 1210. The highest BCUT2D eigenvalue weighted by Crippen LogP contribution is 2.42. The van der Waals surface area contributed by atoms with E-state index >= 15 is 0 Å². The number of fused-ring (bicyclic) bond motifs is 1. The number of hydrogen-bond donors (Lipinski definition) is 2. The smallest absolute Gasteiger partial charge is 0.281 e. The van der Waals surface area contributed by atoms with Crippen LogP contribution in [0.25, 0.3) is 0 Å². The molecule has 194 valence electrons. The number of aliphatic imine (C=N–C) groups is 1. The van der Waals surface area contributed by atoms with Gasteiger partial charge in [0.15, 0.2) is 5.03 Å². The average molecular weight is 550 g/mol. The normalized spacial score (nSPS) is 22.1. The number of rotatable bonds is 9. The van der Waals surface area contributed by atoms with Gasteiger partial charge in [-0.3, -0.25) is 9.30 Å². The van der Waals surface area contributed by atoms with Crippen LogP contribution in [-0.2, 0) is 16.4 Å². The molecule has 3 aliphatic heterocycles. The molecule has 12 heteroatoms. The minimum atomic E-state index is -3.88. The van der Waals surface area contributed by atoms with Gasteiger partial charge in [0, 0.05) is 62.1 Å². The Hall–Kier alpha value is -1.99. The van der Waals surface area contributed by atoms with E-state index < -0.39 is 10.0 Å². The molecule has 1 aromatic heterocycles. The van der Waals surface area contributed by atoms with E-state index in [4.69, 9.17) is 9.73 Å². The number of aliphatic hydroxyl groups excluding tert-OH is 1. The van der Waals surface area contributed by atoms with E-state index in [2.05, 4.69) is 15.2 Å². The number of benzene rings is 1. The zero-order valence-corrected chi connectivity index (χ0v) is 22.6. The van der Waals surface area contributed by atoms with E-state index in [0.29, 0.717) is 23.1 Å². The number of sulfonamides is 1. The molecule has 2 aromatic rings. The number of nitrogens with one attached hydrogen (secondary N) is 1. The monoisotopic (exact) mass is 549 g/mol. The first kappa shape index (κ1) is 25.7. The minimum absolute atomic E-state index is 0.00953. The van der Waals surface area contributed by atoms with Gasteiger partial charge in [0.1, 0.15) is 12.4 Å². The second-order valence-electron chi connectivity index (χ2n) is 8.92. The number of nitrogens with zero attached hydrogens (tertiary/aromatic N) is 4. The quantitative estimate of drug-likeness (QED) is 0.487. The Morgan fingerprint density at radius 2 is 2.11 bits per heavy atom. The van der Waals surface area contributed by atoms with Crippen LogP contribution in [0.15, 0.2) is 46.5 Å². The molecule has 9 nitrogen and oxygen atoms in total. The molecule has 0 aliphatic carbocycles. The lowest BCUT2D eigenvalue weighted by Crippen LogP contribution is -2.38. The van der Waals surface area contributed by atoms with E-state index in [-0.39, 0.29) is 24.3 Å². The first-order valence-corrected chi connectivity index (χ1v) is 15.5. The summed E-state index contributed by atoms with van der Waals surface area (Å²) in [4.78, 5) is 11.5. The number of hydrogen-bond acceptors (Lipinski definition) is 10. The highest BCUT2D eigenvalue weighted by Gasteiger charge is 2.35. The van der Waals surface area contributed by atoms with Gasteiger partial charge in [-0.05, 0) is 23.8 Å². The third-order valence-electron chi connectivity index (χ3n) is 6.48. The van der Waals surface area contributed by atoms with Crippen molar-refractivity contribution in [3.63, 3.8) is 0 Å². The van der Waals surface area contributed by atoms with Crippen LogP contribution in [0.3, 0.4) is 0 Å². The standard InChI is InChI=1S/C24H31N5O4S3/c1-28(36(31,32)22-4-2-3-5-25-22)21-14-18(33-9-8-30)12-17-13-20(27-23(17)21)24-26-15-19(35-24)16-29-6-10-34-11-7-29/h2-5,12,14,19-20,27,30H,6-11,13,15-16H2,1H3. The van der Waals surface area contributed by atoms with Crippen molar-refractivity contribution in [1.29, 1.82) is 0 Å². The second kappa shape index (κ2) is 11.2. The lowest BCUT2D eigenvalue weighted by atomic mass is 10.1. The maximum atomic E-state index is 13.3. The van der Waals surface area contributed by atoms with Crippen LogP contribution >= 0.6 is 23.5 Å². The summed E-state index contributed by atoms with van der Waals surface area (Å²) in [5, 5.41) is 14.3. The minimum Gasteiger partial charge on any atom is -0.491 e. The average Bonchev–Trinajstić information content (AvgIpc) is 3.54. The molecule has 0 saturated carbocycles. The molecule has 0 spiro atoms. The van der Waals surface area contributed by atoms with Crippen LogP contribution in [0.1, 0.15) is 5.56 Å². The van der Waals surface area contributed by atoms with Crippen molar-refractivity contribution >= 4 is 50.0 Å². The Morgan fingerprint density at radius 1 is 1.28 bits per heavy atom. The highest BCUT2D eigenvalue weighted by atomic mass is 32.2. The van der Waals surface area contributed by atoms with Crippen molar-refractivity contribution in [3.8, 4) is 5.75 Å². The summed E-state index contributed by atoms with van der Waals surface area (Å²) in [7, 11) is -2.35. The van der Waals surface area contributed by atoms with Crippen LogP contribution in [-0.4, -0.2) is 97.7 Å². The Kier molecular flexibility index (Phi) is 7.96. The van der Waals surface area contributed by atoms with Crippen LogP contribution in [0, 0.1) is 0 Å². The third kappa shape index (κ3) is 5.47. The fourth-order valence-corrected chi connectivity index (χ4v) is 7.98. The van der Waals surface area contributed by atoms with Gasteiger partial charge in [-0.2, -0.15) is 20.2 Å². The van der Waals surface area contributed by atoms with Gasteiger partial charge in [0.05, 0.1) is 35.6 Å². The van der Waals surface area contributed by atoms with E-state index in [1.54, 1.807) is 18.2 Å². The molecule has 0 amide bonds. The molecule has 1 fully saturated rings. The van der Waals surface area contributed by atoms with Crippen molar-refractivity contribution in [2.24, 2.45) is 4.99 Å². The summed E-state index contributed by atoms with van der Waals surface area (Å²) in [6.45, 7) is 4.14. The molecule has 1 aromatic carbocycles. The van der Waals surface area contributed by atoms with E-state index in [1.165, 1.54) is 35.1 Å². The van der Waals surface area contributed by atoms with Gasteiger partial charge in [-0.15, -0.1) is 11.8 Å². The summed E-state index contributed by atoms with van der Waals surface area (Å²) >= 11 is 3.86. The number of ether oxygens (including phenoxy) is 1. The van der Waals surface area contributed by atoms with Crippen molar-refractivity contribution < 1.29 is 18.3 Å². The summed E-state index contributed by atoms with van der Waals surface area (Å²) in [6, 6.07) is 8.44. The topological polar surface area (TPSA) is 107 Å². The second-order valence-corrected chi connectivity index (χ2v) is 13.4. The number of aromatic nitrogens is 1. The van der Waals surface area contributed by atoms with Crippen LogP contribution < -0.4 is 14.4 Å². The molecular formula is C24H31N5O4S3. The van der Waals surface area contributed by atoms with Crippen molar-refractivity contribution in [1.82, 2.24) is 9.88 Å². The van der Waals surface area contributed by atoms with Gasteiger partial charge < -0.3 is 20.1 Å². The molecule has 2 N–H and O–H groups in total. The molecule has 36 heavy (non-hydrogen) atoms. The number of anilines is 2. The molecule has 4 heterocycles. The fraction of sp³-hybridized carbons (Fsp3) is 0.500. The Labute approximate surface area is 220 Å². The SMILES string of the molecule is CN(c1cc(OCCO)cc2c1NC(C1=NCC(CN3CCSCC3)S1)C2)S(=O)(=O)c1ccccn1. The van der Waals surface area contributed by atoms with Gasteiger partial charge in [0.2, 0.25) is 0 Å². The number of aliphatic hydroxyl groups is 1. The largest absolute Gasteiger partial charge is 0.491 e. The molecule has 2 unspecified atom stereocenters. The van der Waals surface area contributed by atoms with Crippen molar-refractivity contribution in [3.05, 3.63) is 42.1 Å². The van der Waals surface area contributed by atoms with Gasteiger partial charge in [-0.25, -0.2) is 4.98 Å². The fourth-order valence-electron chi connectivity index (χ4n) is 4.64. The lowest BCUT2D eigenvalue weighted by Gasteiger charge is -2.28. The van der Waals surface area contributed by atoms with Crippen LogP contribution in [0.5, 0.6) is 5.75 Å². The summed E-state index contributed by atoms with van der Waals surface area (Å²) in [5.74, 6) is 2.91. The summed E-state index contributed by atoms with van der Waals surface area (Å²) < 4.78 is 33.6. The Morgan fingerprint density at radius 3 is 2.86 bits per heavy atom. The highest BCUT2D eigenvalue weighted by molar-refractivity contribution is 8.15. The molecule has 0 radical (unpaired) electrons. The van der Waals surface area contributed by atoms with Gasteiger partial charge >= 0.3 is 0 Å². The zero-order valence-electron chi connectivity index (χ0n) is 20.2. The van der Waals surface area contributed by atoms with Crippen molar-refractivity contribution in [2.75, 3.05) is 67.6 Å². The van der Waals surface area contributed by atoms with Crippen molar-refractivity contribution in [2.45, 2.75) is 22.7 Å². The maximum absolute atomic E-state index is 13.3.